The number of rotatable bonds is 6. The Kier molecular flexibility index (Phi) is 5.22. The molecule has 0 atom stereocenters. The zero-order valence-corrected chi connectivity index (χ0v) is 16.1. The summed E-state index contributed by atoms with van der Waals surface area (Å²) >= 11 is 1.34. The Labute approximate surface area is 171 Å². The normalized spacial score (nSPS) is 10.6. The van der Waals surface area contributed by atoms with Gasteiger partial charge in [0.25, 0.3) is 11.8 Å². The average molecular weight is 403 g/mol. The van der Waals surface area contributed by atoms with Gasteiger partial charge in [-0.3, -0.25) is 14.9 Å². The number of aromatic nitrogens is 1. The standard InChI is InChI=1S/C22H17N3O3S/c23-20(26)12-28-19-8-4-3-7-17(19)21(27)25-22-24-18(13-29-22)16-10-9-14-5-1-2-6-15(14)11-16/h1-11,13H,12H2,(H2,23,26)(H,24,25,27). The van der Waals surface area contributed by atoms with E-state index in [0.717, 1.165) is 22.0 Å². The molecule has 0 fully saturated rings. The molecule has 4 rings (SSSR count). The maximum absolute atomic E-state index is 12.7. The van der Waals surface area contributed by atoms with E-state index in [1.807, 2.05) is 23.6 Å². The molecule has 0 saturated heterocycles. The van der Waals surface area contributed by atoms with Crippen LogP contribution in [0.3, 0.4) is 0 Å². The summed E-state index contributed by atoms with van der Waals surface area (Å²) in [6, 6.07) is 20.9. The first-order valence-electron chi connectivity index (χ1n) is 8.86. The van der Waals surface area contributed by atoms with E-state index >= 15 is 0 Å². The molecule has 0 spiro atoms. The van der Waals surface area contributed by atoms with E-state index < -0.39 is 5.91 Å². The van der Waals surface area contributed by atoms with Gasteiger partial charge in [-0.25, -0.2) is 4.98 Å². The fourth-order valence-corrected chi connectivity index (χ4v) is 3.62. The molecule has 0 aliphatic heterocycles. The van der Waals surface area contributed by atoms with E-state index in [2.05, 4.69) is 34.6 Å². The van der Waals surface area contributed by atoms with Gasteiger partial charge >= 0.3 is 0 Å². The van der Waals surface area contributed by atoms with Gasteiger partial charge in [-0.2, -0.15) is 0 Å². The number of carbonyl (C=O) groups is 2. The molecule has 7 heteroatoms. The van der Waals surface area contributed by atoms with Gasteiger partial charge in [-0.1, -0.05) is 48.5 Å². The molecule has 0 aliphatic carbocycles. The van der Waals surface area contributed by atoms with Gasteiger partial charge in [-0.15, -0.1) is 11.3 Å². The van der Waals surface area contributed by atoms with Crippen LogP contribution in [0.1, 0.15) is 10.4 Å². The Morgan fingerprint density at radius 3 is 2.59 bits per heavy atom. The Morgan fingerprint density at radius 2 is 1.76 bits per heavy atom. The number of primary amides is 1. The number of para-hydroxylation sites is 1. The lowest BCUT2D eigenvalue weighted by Crippen LogP contribution is -2.21. The van der Waals surface area contributed by atoms with Gasteiger partial charge in [0, 0.05) is 10.9 Å². The molecule has 0 bridgehead atoms. The fourth-order valence-electron chi connectivity index (χ4n) is 2.91. The Bertz CT molecular complexity index is 1200. The summed E-state index contributed by atoms with van der Waals surface area (Å²) in [5, 5.41) is 7.45. The molecule has 1 aromatic heterocycles. The smallest absolute Gasteiger partial charge is 0.261 e. The third kappa shape index (κ3) is 4.25. The zero-order valence-electron chi connectivity index (χ0n) is 15.3. The van der Waals surface area contributed by atoms with Crippen molar-refractivity contribution < 1.29 is 14.3 Å². The van der Waals surface area contributed by atoms with Crippen LogP contribution in [0.5, 0.6) is 5.75 Å². The highest BCUT2D eigenvalue weighted by molar-refractivity contribution is 7.14. The Morgan fingerprint density at radius 1 is 1.00 bits per heavy atom. The van der Waals surface area contributed by atoms with Gasteiger partial charge in [-0.05, 0) is 29.0 Å². The second-order valence-electron chi connectivity index (χ2n) is 6.31. The number of nitrogens with zero attached hydrogens (tertiary/aromatic N) is 1. The van der Waals surface area contributed by atoms with Crippen molar-refractivity contribution in [3.8, 4) is 17.0 Å². The van der Waals surface area contributed by atoms with Gasteiger partial charge < -0.3 is 10.5 Å². The topological polar surface area (TPSA) is 94.3 Å². The summed E-state index contributed by atoms with van der Waals surface area (Å²) in [4.78, 5) is 28.1. The van der Waals surface area contributed by atoms with Crippen LogP contribution in [-0.4, -0.2) is 23.4 Å². The lowest BCUT2D eigenvalue weighted by Gasteiger charge is -2.09. The highest BCUT2D eigenvalue weighted by Gasteiger charge is 2.15. The largest absolute Gasteiger partial charge is 0.483 e. The third-order valence-electron chi connectivity index (χ3n) is 4.27. The average Bonchev–Trinajstić information content (AvgIpc) is 3.20. The van der Waals surface area contributed by atoms with Gasteiger partial charge in [0.05, 0.1) is 11.3 Å². The van der Waals surface area contributed by atoms with Crippen LogP contribution in [0.25, 0.3) is 22.0 Å². The number of fused-ring (bicyclic) bond motifs is 1. The SMILES string of the molecule is NC(=O)COc1ccccc1C(=O)Nc1nc(-c2ccc3ccccc3c2)cs1. The molecule has 0 unspecified atom stereocenters. The van der Waals surface area contributed by atoms with Gasteiger partial charge in [0.1, 0.15) is 5.75 Å². The summed E-state index contributed by atoms with van der Waals surface area (Å²) in [5.74, 6) is -0.695. The number of anilines is 1. The second kappa shape index (κ2) is 8.12. The van der Waals surface area contributed by atoms with E-state index in [1.54, 1.807) is 24.3 Å². The van der Waals surface area contributed by atoms with Crippen molar-refractivity contribution in [3.63, 3.8) is 0 Å². The first-order chi connectivity index (χ1) is 14.1. The van der Waals surface area contributed by atoms with Crippen molar-refractivity contribution in [3.05, 3.63) is 77.7 Å². The van der Waals surface area contributed by atoms with Crippen LogP contribution in [0, 0.1) is 0 Å². The lowest BCUT2D eigenvalue weighted by atomic mass is 10.1. The van der Waals surface area contributed by atoms with Crippen LogP contribution in [0.2, 0.25) is 0 Å². The Hall–Kier alpha value is -3.71. The van der Waals surface area contributed by atoms with Crippen molar-refractivity contribution >= 4 is 39.1 Å². The van der Waals surface area contributed by atoms with Crippen LogP contribution in [0.15, 0.2) is 72.1 Å². The maximum atomic E-state index is 12.7. The highest BCUT2D eigenvalue weighted by Crippen LogP contribution is 2.28. The molecule has 6 nitrogen and oxygen atoms in total. The van der Waals surface area contributed by atoms with Crippen LogP contribution >= 0.6 is 11.3 Å². The minimum absolute atomic E-state index is 0.287. The van der Waals surface area contributed by atoms with E-state index in [0.29, 0.717) is 10.7 Å². The summed E-state index contributed by atoms with van der Waals surface area (Å²) in [7, 11) is 0. The molecule has 0 saturated carbocycles. The van der Waals surface area contributed by atoms with E-state index in [1.165, 1.54) is 11.3 Å². The maximum Gasteiger partial charge on any atom is 0.261 e. The molecule has 1 heterocycles. The summed E-state index contributed by atoms with van der Waals surface area (Å²) in [6.45, 7) is -0.298. The van der Waals surface area contributed by atoms with Crippen molar-refractivity contribution in [2.45, 2.75) is 0 Å². The molecule has 3 N–H and O–H groups in total. The molecule has 3 aromatic carbocycles. The number of nitrogens with two attached hydrogens (primary N) is 1. The number of carbonyl (C=O) groups excluding carboxylic acids is 2. The van der Waals surface area contributed by atoms with Crippen molar-refractivity contribution in [1.82, 2.24) is 4.98 Å². The molecule has 2 amide bonds. The fraction of sp³-hybridized carbons (Fsp3) is 0.0455. The first-order valence-corrected chi connectivity index (χ1v) is 9.74. The number of amides is 2. The van der Waals surface area contributed by atoms with Gasteiger partial charge in [0.2, 0.25) is 0 Å². The lowest BCUT2D eigenvalue weighted by molar-refractivity contribution is -0.119. The molecule has 29 heavy (non-hydrogen) atoms. The highest BCUT2D eigenvalue weighted by atomic mass is 32.1. The number of nitrogens with one attached hydrogen (secondary N) is 1. The molecule has 4 aromatic rings. The minimum Gasteiger partial charge on any atom is -0.483 e. The molecule has 144 valence electrons. The summed E-state index contributed by atoms with van der Waals surface area (Å²) < 4.78 is 5.32. The van der Waals surface area contributed by atoms with E-state index in [-0.39, 0.29) is 18.3 Å². The monoisotopic (exact) mass is 403 g/mol. The molecule has 0 aliphatic rings. The van der Waals surface area contributed by atoms with Crippen molar-refractivity contribution in [2.75, 3.05) is 11.9 Å². The number of thiazole rings is 1. The van der Waals surface area contributed by atoms with Crippen molar-refractivity contribution in [2.24, 2.45) is 5.73 Å². The Balaban J connectivity index is 1.53. The number of hydrogen-bond donors (Lipinski definition) is 2. The van der Waals surface area contributed by atoms with Crippen LogP contribution in [0.4, 0.5) is 5.13 Å². The van der Waals surface area contributed by atoms with E-state index in [4.69, 9.17) is 10.5 Å². The number of benzene rings is 3. The number of ether oxygens (including phenoxy) is 1. The minimum atomic E-state index is -0.611. The van der Waals surface area contributed by atoms with Gasteiger partial charge in [0.15, 0.2) is 11.7 Å². The molecular formula is C22H17N3O3S. The molecular weight excluding hydrogens is 386 g/mol. The van der Waals surface area contributed by atoms with Crippen molar-refractivity contribution in [1.29, 1.82) is 0 Å². The summed E-state index contributed by atoms with van der Waals surface area (Å²) in [6.07, 6.45) is 0. The van der Waals surface area contributed by atoms with Crippen LogP contribution in [-0.2, 0) is 4.79 Å². The van der Waals surface area contributed by atoms with Crippen LogP contribution < -0.4 is 15.8 Å². The first kappa shape index (κ1) is 18.6. The second-order valence-corrected chi connectivity index (χ2v) is 7.16. The zero-order chi connectivity index (χ0) is 20.2. The quantitative estimate of drug-likeness (QED) is 0.507. The van der Waals surface area contributed by atoms with E-state index in [9.17, 15) is 9.59 Å². The third-order valence-corrected chi connectivity index (χ3v) is 5.03. The predicted molar refractivity (Wildman–Crippen MR) is 114 cm³/mol. The number of hydrogen-bond acceptors (Lipinski definition) is 5. The summed E-state index contributed by atoms with van der Waals surface area (Å²) in [5.41, 5.74) is 7.18. The molecule has 0 radical (unpaired) electrons. The predicted octanol–water partition coefficient (Wildman–Crippen LogP) is 4.08.